The minimum Gasteiger partial charge on any atom is -0.466 e. The average Bonchev–Trinajstić information content (AvgIpc) is 2.84. The number of nitrogens with zero attached hydrogens (tertiary/aromatic N) is 2. The first-order chi connectivity index (χ1) is 10.7. The number of ether oxygens (including phenoxy) is 1. The Labute approximate surface area is 128 Å². The molecular formula is C16H20N2O4. The first-order valence-electron chi connectivity index (χ1n) is 7.66. The number of carbonyl (C=O) groups is 1. The Bertz CT molecular complexity index is 710. The molecule has 118 valence electrons. The molecule has 0 saturated carbocycles. The fourth-order valence-electron chi connectivity index (χ4n) is 2.92. The van der Waals surface area contributed by atoms with Crippen molar-refractivity contribution in [2.45, 2.75) is 26.4 Å². The molecule has 0 N–H and O–H groups in total. The van der Waals surface area contributed by atoms with Gasteiger partial charge >= 0.3 is 11.7 Å². The van der Waals surface area contributed by atoms with E-state index in [1.165, 1.54) is 0 Å². The van der Waals surface area contributed by atoms with Crippen LogP contribution in [0.25, 0.3) is 11.1 Å². The van der Waals surface area contributed by atoms with Gasteiger partial charge in [0.15, 0.2) is 5.58 Å². The van der Waals surface area contributed by atoms with Crippen LogP contribution in [0.4, 0.5) is 0 Å². The standard InChI is InChI=1S/C16H20N2O4/c1-2-21-15(19)12-7-9-17(10-8-12)11-18-13-5-3-4-6-14(13)22-16(18)20/h3-6,12H,2,7-11H2,1H3. The van der Waals surface area contributed by atoms with E-state index in [0.29, 0.717) is 18.9 Å². The average molecular weight is 304 g/mol. The van der Waals surface area contributed by atoms with Gasteiger partial charge in [0.1, 0.15) is 0 Å². The van der Waals surface area contributed by atoms with Gasteiger partial charge in [-0.2, -0.15) is 0 Å². The summed E-state index contributed by atoms with van der Waals surface area (Å²) in [5.41, 5.74) is 1.41. The van der Waals surface area contributed by atoms with E-state index in [0.717, 1.165) is 31.4 Å². The molecule has 2 heterocycles. The number of oxazole rings is 1. The summed E-state index contributed by atoms with van der Waals surface area (Å²) in [6.07, 6.45) is 1.53. The molecule has 0 atom stereocenters. The number of piperidine rings is 1. The lowest BCUT2D eigenvalue weighted by Crippen LogP contribution is -2.39. The largest absolute Gasteiger partial charge is 0.466 e. The smallest absolute Gasteiger partial charge is 0.421 e. The number of aromatic nitrogens is 1. The maximum atomic E-state index is 12.0. The van der Waals surface area contributed by atoms with E-state index in [1.54, 1.807) is 10.6 Å². The molecule has 1 aromatic carbocycles. The molecule has 0 radical (unpaired) electrons. The molecule has 0 bridgehead atoms. The van der Waals surface area contributed by atoms with Gasteiger partial charge in [-0.1, -0.05) is 12.1 Å². The summed E-state index contributed by atoms with van der Waals surface area (Å²) < 4.78 is 11.9. The number of benzene rings is 1. The third kappa shape index (κ3) is 2.92. The number of hydrogen-bond donors (Lipinski definition) is 0. The first kappa shape index (κ1) is 14.8. The van der Waals surface area contributed by atoms with Crippen LogP contribution in [-0.4, -0.2) is 35.1 Å². The van der Waals surface area contributed by atoms with Gasteiger partial charge in [-0.3, -0.25) is 14.3 Å². The molecule has 0 amide bonds. The maximum absolute atomic E-state index is 12.0. The summed E-state index contributed by atoms with van der Waals surface area (Å²) in [6.45, 7) is 4.29. The van der Waals surface area contributed by atoms with Crippen molar-refractivity contribution >= 4 is 17.1 Å². The van der Waals surface area contributed by atoms with Crippen molar-refractivity contribution in [2.75, 3.05) is 19.7 Å². The predicted octanol–water partition coefficient (Wildman–Crippen LogP) is 1.83. The number of fused-ring (bicyclic) bond motifs is 1. The van der Waals surface area contributed by atoms with Gasteiger partial charge in [0.2, 0.25) is 0 Å². The molecule has 0 spiro atoms. The zero-order valence-corrected chi connectivity index (χ0v) is 12.7. The van der Waals surface area contributed by atoms with E-state index in [9.17, 15) is 9.59 Å². The number of esters is 1. The summed E-state index contributed by atoms with van der Waals surface area (Å²) in [6, 6.07) is 7.41. The van der Waals surface area contributed by atoms with Crippen LogP contribution in [0.3, 0.4) is 0 Å². The van der Waals surface area contributed by atoms with Gasteiger partial charge in [-0.05, 0) is 31.9 Å². The van der Waals surface area contributed by atoms with Crippen LogP contribution in [0.1, 0.15) is 19.8 Å². The molecule has 1 aliphatic rings. The van der Waals surface area contributed by atoms with Gasteiger partial charge in [0.05, 0.1) is 24.7 Å². The van der Waals surface area contributed by atoms with Crippen molar-refractivity contribution in [2.24, 2.45) is 5.92 Å². The van der Waals surface area contributed by atoms with Crippen LogP contribution < -0.4 is 5.76 Å². The highest BCUT2D eigenvalue weighted by Gasteiger charge is 2.26. The highest BCUT2D eigenvalue weighted by Crippen LogP contribution is 2.20. The van der Waals surface area contributed by atoms with Crippen LogP contribution in [0.5, 0.6) is 0 Å². The predicted molar refractivity (Wildman–Crippen MR) is 81.4 cm³/mol. The normalized spacial score (nSPS) is 17.0. The molecule has 1 fully saturated rings. The lowest BCUT2D eigenvalue weighted by Gasteiger charge is -2.30. The van der Waals surface area contributed by atoms with E-state index >= 15 is 0 Å². The SMILES string of the molecule is CCOC(=O)C1CCN(Cn2c(=O)oc3ccccc32)CC1. The fourth-order valence-corrected chi connectivity index (χ4v) is 2.92. The van der Waals surface area contributed by atoms with Gasteiger partial charge in [0.25, 0.3) is 0 Å². The Balaban J connectivity index is 1.66. The van der Waals surface area contributed by atoms with E-state index in [1.807, 2.05) is 25.1 Å². The van der Waals surface area contributed by atoms with Crippen LogP contribution in [0, 0.1) is 5.92 Å². The van der Waals surface area contributed by atoms with Crippen molar-refractivity contribution in [1.29, 1.82) is 0 Å². The monoisotopic (exact) mass is 304 g/mol. The molecule has 1 aromatic heterocycles. The summed E-state index contributed by atoms with van der Waals surface area (Å²) in [7, 11) is 0. The quantitative estimate of drug-likeness (QED) is 0.806. The van der Waals surface area contributed by atoms with Crippen molar-refractivity contribution < 1.29 is 13.9 Å². The minimum absolute atomic E-state index is 0.0194. The summed E-state index contributed by atoms with van der Waals surface area (Å²) >= 11 is 0. The molecule has 22 heavy (non-hydrogen) atoms. The molecule has 0 aliphatic carbocycles. The van der Waals surface area contributed by atoms with Gasteiger partial charge in [-0.25, -0.2) is 4.79 Å². The molecular weight excluding hydrogens is 284 g/mol. The zero-order valence-electron chi connectivity index (χ0n) is 12.7. The molecule has 1 saturated heterocycles. The Morgan fingerprint density at radius 3 is 2.77 bits per heavy atom. The van der Waals surface area contributed by atoms with E-state index < -0.39 is 0 Å². The van der Waals surface area contributed by atoms with Crippen LogP contribution >= 0.6 is 0 Å². The number of rotatable bonds is 4. The second kappa shape index (κ2) is 6.36. The lowest BCUT2D eigenvalue weighted by molar-refractivity contribution is -0.149. The van der Waals surface area contributed by atoms with Gasteiger partial charge in [0, 0.05) is 13.1 Å². The second-order valence-electron chi connectivity index (χ2n) is 5.55. The Kier molecular flexibility index (Phi) is 4.29. The van der Waals surface area contributed by atoms with Crippen molar-refractivity contribution in [3.63, 3.8) is 0 Å². The number of likely N-dealkylation sites (tertiary alicyclic amines) is 1. The summed E-state index contributed by atoms with van der Waals surface area (Å²) in [4.78, 5) is 25.9. The number of para-hydroxylation sites is 2. The third-order valence-electron chi connectivity index (χ3n) is 4.12. The van der Waals surface area contributed by atoms with E-state index in [4.69, 9.17) is 9.15 Å². The van der Waals surface area contributed by atoms with Crippen LogP contribution in [-0.2, 0) is 16.2 Å². The lowest BCUT2D eigenvalue weighted by atomic mass is 9.97. The summed E-state index contributed by atoms with van der Waals surface area (Å²) in [5.74, 6) is -0.462. The third-order valence-corrected chi connectivity index (χ3v) is 4.12. The Morgan fingerprint density at radius 1 is 1.32 bits per heavy atom. The molecule has 1 aliphatic heterocycles. The first-order valence-corrected chi connectivity index (χ1v) is 7.66. The zero-order chi connectivity index (χ0) is 15.5. The van der Waals surface area contributed by atoms with Gasteiger partial charge in [-0.15, -0.1) is 0 Å². The summed E-state index contributed by atoms with van der Waals surface area (Å²) in [5, 5.41) is 0. The van der Waals surface area contributed by atoms with Crippen molar-refractivity contribution in [3.8, 4) is 0 Å². The molecule has 0 unspecified atom stereocenters. The van der Waals surface area contributed by atoms with Crippen molar-refractivity contribution in [1.82, 2.24) is 9.47 Å². The Morgan fingerprint density at radius 2 is 2.05 bits per heavy atom. The molecule has 3 rings (SSSR count). The Hall–Kier alpha value is -2.08. The van der Waals surface area contributed by atoms with Gasteiger partial charge < -0.3 is 9.15 Å². The fraction of sp³-hybridized carbons (Fsp3) is 0.500. The van der Waals surface area contributed by atoms with E-state index in [-0.39, 0.29) is 17.6 Å². The number of hydrogen-bond acceptors (Lipinski definition) is 5. The highest BCUT2D eigenvalue weighted by atomic mass is 16.5. The van der Waals surface area contributed by atoms with Crippen LogP contribution in [0.2, 0.25) is 0 Å². The number of carbonyl (C=O) groups excluding carboxylic acids is 1. The van der Waals surface area contributed by atoms with Crippen LogP contribution in [0.15, 0.2) is 33.5 Å². The molecule has 2 aromatic rings. The molecule has 6 heteroatoms. The second-order valence-corrected chi connectivity index (χ2v) is 5.55. The highest BCUT2D eigenvalue weighted by molar-refractivity contribution is 5.73. The van der Waals surface area contributed by atoms with E-state index in [2.05, 4.69) is 4.90 Å². The maximum Gasteiger partial charge on any atom is 0.421 e. The van der Waals surface area contributed by atoms with Crippen molar-refractivity contribution in [3.05, 3.63) is 34.8 Å². The molecule has 6 nitrogen and oxygen atoms in total. The topological polar surface area (TPSA) is 64.7 Å². The minimum atomic E-state index is -0.339.